The van der Waals surface area contributed by atoms with Gasteiger partial charge in [0.25, 0.3) is 0 Å². The molecule has 0 amide bonds. The SMILES string of the molecule is COc1cc2c(N3CCSC(C)(C)C3)ncnc2cc1F. The minimum absolute atomic E-state index is 0.180. The lowest BCUT2D eigenvalue weighted by Crippen LogP contribution is -2.43. The van der Waals surface area contributed by atoms with Crippen LogP contribution in [-0.2, 0) is 0 Å². The summed E-state index contributed by atoms with van der Waals surface area (Å²) in [7, 11) is 1.47. The van der Waals surface area contributed by atoms with Crippen LogP contribution >= 0.6 is 11.8 Å². The normalized spacial score (nSPS) is 18.0. The van der Waals surface area contributed by atoms with Crippen molar-refractivity contribution in [3.63, 3.8) is 0 Å². The average molecular weight is 307 g/mol. The maximum atomic E-state index is 13.8. The Hall–Kier alpha value is -1.56. The van der Waals surface area contributed by atoms with Gasteiger partial charge in [-0.2, -0.15) is 11.8 Å². The summed E-state index contributed by atoms with van der Waals surface area (Å²) >= 11 is 1.96. The second kappa shape index (κ2) is 5.33. The number of nitrogens with zero attached hydrogens (tertiary/aromatic N) is 3. The number of thioether (sulfide) groups is 1. The summed E-state index contributed by atoms with van der Waals surface area (Å²) in [6.45, 7) is 6.30. The largest absolute Gasteiger partial charge is 0.494 e. The molecule has 4 nitrogen and oxygen atoms in total. The molecule has 0 unspecified atom stereocenters. The van der Waals surface area contributed by atoms with Crippen LogP contribution < -0.4 is 9.64 Å². The van der Waals surface area contributed by atoms with E-state index in [0.717, 1.165) is 30.0 Å². The molecule has 0 aliphatic carbocycles. The molecule has 0 N–H and O–H groups in total. The van der Waals surface area contributed by atoms with Crippen LogP contribution in [0.3, 0.4) is 0 Å². The number of methoxy groups -OCH3 is 1. The molecule has 1 aromatic carbocycles. The number of halogens is 1. The third-order valence-electron chi connectivity index (χ3n) is 3.61. The van der Waals surface area contributed by atoms with E-state index in [4.69, 9.17) is 4.74 Å². The molecule has 6 heteroatoms. The molecule has 0 atom stereocenters. The van der Waals surface area contributed by atoms with E-state index in [2.05, 4.69) is 28.7 Å². The van der Waals surface area contributed by atoms with Crippen molar-refractivity contribution in [1.82, 2.24) is 9.97 Å². The maximum absolute atomic E-state index is 13.8. The molecule has 2 heterocycles. The van der Waals surface area contributed by atoms with Gasteiger partial charge < -0.3 is 9.64 Å². The Balaban J connectivity index is 2.09. The Morgan fingerprint density at radius 2 is 2.14 bits per heavy atom. The molecule has 1 fully saturated rings. The van der Waals surface area contributed by atoms with Crippen LogP contribution in [0.15, 0.2) is 18.5 Å². The lowest BCUT2D eigenvalue weighted by Gasteiger charge is -2.38. The molecule has 1 aromatic heterocycles. The molecular formula is C15H18FN3OS. The third kappa shape index (κ3) is 2.77. The summed E-state index contributed by atoms with van der Waals surface area (Å²) in [5.41, 5.74) is 0.606. The van der Waals surface area contributed by atoms with Crippen molar-refractivity contribution in [2.75, 3.05) is 30.9 Å². The smallest absolute Gasteiger partial charge is 0.167 e. The molecule has 0 spiro atoms. The predicted octanol–water partition coefficient (Wildman–Crippen LogP) is 3.11. The summed E-state index contributed by atoms with van der Waals surface area (Å²) < 4.78 is 19.1. The highest BCUT2D eigenvalue weighted by atomic mass is 32.2. The van der Waals surface area contributed by atoms with Crippen molar-refractivity contribution in [3.05, 3.63) is 24.3 Å². The first kappa shape index (κ1) is 14.4. The van der Waals surface area contributed by atoms with Crippen LogP contribution in [0.2, 0.25) is 0 Å². The van der Waals surface area contributed by atoms with Gasteiger partial charge in [-0.25, -0.2) is 14.4 Å². The third-order valence-corrected chi connectivity index (χ3v) is 4.91. The monoisotopic (exact) mass is 307 g/mol. The fourth-order valence-electron chi connectivity index (χ4n) is 2.65. The van der Waals surface area contributed by atoms with E-state index in [1.807, 2.05) is 11.8 Å². The van der Waals surface area contributed by atoms with Gasteiger partial charge in [0.05, 0.1) is 12.6 Å². The Morgan fingerprint density at radius 3 is 2.86 bits per heavy atom. The molecule has 0 radical (unpaired) electrons. The number of fused-ring (bicyclic) bond motifs is 1. The Kier molecular flexibility index (Phi) is 3.65. The highest BCUT2D eigenvalue weighted by molar-refractivity contribution is 8.00. The van der Waals surface area contributed by atoms with Gasteiger partial charge in [-0.15, -0.1) is 0 Å². The first-order chi connectivity index (χ1) is 10.00. The highest BCUT2D eigenvalue weighted by Crippen LogP contribution is 2.35. The van der Waals surface area contributed by atoms with Gasteiger partial charge in [0.2, 0.25) is 0 Å². The molecule has 1 aliphatic rings. The van der Waals surface area contributed by atoms with Crippen molar-refractivity contribution < 1.29 is 9.13 Å². The average Bonchev–Trinajstić information content (AvgIpc) is 2.44. The fraction of sp³-hybridized carbons (Fsp3) is 0.467. The van der Waals surface area contributed by atoms with Gasteiger partial charge in [-0.3, -0.25) is 0 Å². The number of benzene rings is 1. The van der Waals surface area contributed by atoms with Crippen LogP contribution in [0.25, 0.3) is 10.9 Å². The van der Waals surface area contributed by atoms with E-state index in [0.29, 0.717) is 5.52 Å². The molecule has 21 heavy (non-hydrogen) atoms. The first-order valence-electron chi connectivity index (χ1n) is 6.87. The maximum Gasteiger partial charge on any atom is 0.167 e. The van der Waals surface area contributed by atoms with E-state index in [9.17, 15) is 4.39 Å². The highest BCUT2D eigenvalue weighted by Gasteiger charge is 2.28. The van der Waals surface area contributed by atoms with E-state index in [-0.39, 0.29) is 10.5 Å². The molecule has 1 saturated heterocycles. The number of hydrogen-bond acceptors (Lipinski definition) is 5. The van der Waals surface area contributed by atoms with Gasteiger partial charge in [0.1, 0.15) is 12.1 Å². The molecule has 112 valence electrons. The number of aromatic nitrogens is 2. The van der Waals surface area contributed by atoms with Crippen LogP contribution in [0.5, 0.6) is 5.75 Å². The molecule has 3 rings (SSSR count). The zero-order chi connectivity index (χ0) is 15.0. The zero-order valence-corrected chi connectivity index (χ0v) is 13.2. The van der Waals surface area contributed by atoms with Gasteiger partial charge >= 0.3 is 0 Å². The van der Waals surface area contributed by atoms with Crippen LogP contribution in [0, 0.1) is 5.82 Å². The van der Waals surface area contributed by atoms with Gasteiger partial charge in [-0.1, -0.05) is 0 Å². The summed E-state index contributed by atoms with van der Waals surface area (Å²) in [6, 6.07) is 3.10. The van der Waals surface area contributed by atoms with Crippen LogP contribution in [0.4, 0.5) is 10.2 Å². The van der Waals surface area contributed by atoms with Crippen molar-refractivity contribution in [1.29, 1.82) is 0 Å². The topological polar surface area (TPSA) is 38.2 Å². The summed E-state index contributed by atoms with van der Waals surface area (Å²) in [6.07, 6.45) is 1.50. The van der Waals surface area contributed by atoms with E-state index in [1.165, 1.54) is 19.5 Å². The van der Waals surface area contributed by atoms with Crippen molar-refractivity contribution >= 4 is 28.5 Å². The predicted molar refractivity (Wildman–Crippen MR) is 84.8 cm³/mol. The standard InChI is InChI=1S/C15H18FN3OS/c1-15(2)8-19(4-5-21-15)14-10-6-13(20-3)11(16)7-12(10)17-9-18-14/h6-7,9H,4-5,8H2,1-3H3. The van der Waals surface area contributed by atoms with Gasteiger partial charge in [0.15, 0.2) is 11.6 Å². The number of anilines is 1. The number of ether oxygens (including phenoxy) is 1. The summed E-state index contributed by atoms with van der Waals surface area (Å²) in [4.78, 5) is 10.8. The Labute approximate surface area is 127 Å². The van der Waals surface area contributed by atoms with Crippen LogP contribution in [-0.4, -0.2) is 40.7 Å². The minimum Gasteiger partial charge on any atom is -0.494 e. The van der Waals surface area contributed by atoms with Gasteiger partial charge in [0, 0.05) is 35.0 Å². The van der Waals surface area contributed by atoms with Crippen molar-refractivity contribution in [2.24, 2.45) is 0 Å². The molecule has 2 aromatic rings. The summed E-state index contributed by atoms with van der Waals surface area (Å²) in [5.74, 6) is 1.73. The molecular weight excluding hydrogens is 289 g/mol. The number of rotatable bonds is 2. The van der Waals surface area contributed by atoms with E-state index >= 15 is 0 Å². The van der Waals surface area contributed by atoms with Crippen molar-refractivity contribution in [2.45, 2.75) is 18.6 Å². The lowest BCUT2D eigenvalue weighted by molar-refractivity contribution is 0.387. The first-order valence-corrected chi connectivity index (χ1v) is 7.86. The Bertz CT molecular complexity index is 677. The second-order valence-electron chi connectivity index (χ2n) is 5.73. The second-order valence-corrected chi connectivity index (χ2v) is 7.53. The molecule has 0 saturated carbocycles. The lowest BCUT2D eigenvalue weighted by atomic mass is 10.1. The molecule has 1 aliphatic heterocycles. The van der Waals surface area contributed by atoms with Crippen LogP contribution in [0.1, 0.15) is 13.8 Å². The van der Waals surface area contributed by atoms with Crippen molar-refractivity contribution in [3.8, 4) is 5.75 Å². The van der Waals surface area contributed by atoms with E-state index < -0.39 is 5.82 Å². The fourth-order valence-corrected chi connectivity index (χ4v) is 3.76. The minimum atomic E-state index is -0.399. The zero-order valence-electron chi connectivity index (χ0n) is 12.4. The van der Waals surface area contributed by atoms with Gasteiger partial charge in [-0.05, 0) is 19.9 Å². The number of hydrogen-bond donors (Lipinski definition) is 0. The summed E-state index contributed by atoms with van der Waals surface area (Å²) in [5, 5.41) is 0.832. The van der Waals surface area contributed by atoms with E-state index in [1.54, 1.807) is 6.07 Å². The molecule has 0 bridgehead atoms. The quantitative estimate of drug-likeness (QED) is 0.852. The Morgan fingerprint density at radius 1 is 1.33 bits per heavy atom.